The first-order chi connectivity index (χ1) is 6.66. The maximum absolute atomic E-state index is 11.0. The van der Waals surface area contributed by atoms with Crippen molar-refractivity contribution in [3.63, 3.8) is 0 Å². The second-order valence-corrected chi connectivity index (χ2v) is 2.99. The Balaban J connectivity index is 2.70. The number of carboxylic acid groups (broad SMARTS) is 1. The van der Waals surface area contributed by atoms with Crippen LogP contribution in [-0.4, -0.2) is 17.0 Å². The lowest BCUT2D eigenvalue weighted by Gasteiger charge is -1.99. The monoisotopic (exact) mass is 189 g/mol. The van der Waals surface area contributed by atoms with Gasteiger partial charge in [-0.05, 0) is 17.4 Å². The van der Waals surface area contributed by atoms with Crippen LogP contribution in [0.2, 0.25) is 0 Å². The van der Waals surface area contributed by atoms with Gasteiger partial charge >= 0.3 is 5.97 Å². The molecule has 4 heteroatoms. The van der Waals surface area contributed by atoms with E-state index in [1.165, 1.54) is 12.1 Å². The van der Waals surface area contributed by atoms with Gasteiger partial charge in [0.05, 0.1) is 10.9 Å². The molecule has 0 fully saturated rings. The summed E-state index contributed by atoms with van der Waals surface area (Å²) in [7, 11) is 0. The summed E-state index contributed by atoms with van der Waals surface area (Å²) < 4.78 is 0. The topological polar surface area (TPSA) is 66.7 Å². The molecule has 0 bridgehead atoms. The minimum absolute atomic E-state index is 0.149. The third-order valence-corrected chi connectivity index (χ3v) is 2.02. The van der Waals surface area contributed by atoms with Crippen LogP contribution in [0.4, 0.5) is 0 Å². The molecule has 0 unspecified atom stereocenters. The average molecular weight is 189 g/mol. The Hall–Kier alpha value is -1.97. The number of aromatic carboxylic acids is 1. The highest BCUT2D eigenvalue weighted by Crippen LogP contribution is 1.94. The van der Waals surface area contributed by atoms with Crippen molar-refractivity contribution in [3.8, 4) is 0 Å². The predicted octanol–water partition coefficient (Wildman–Crippen LogP) is -0.285. The van der Waals surface area contributed by atoms with E-state index < -0.39 is 5.97 Å². The number of benzene rings is 1. The molecular weight excluding hydrogens is 182 g/mol. The molecule has 4 nitrogen and oxygen atoms in total. The lowest BCUT2D eigenvalue weighted by atomic mass is 10.1. The molecule has 0 saturated carbocycles. The molecule has 1 amide bonds. The van der Waals surface area contributed by atoms with Gasteiger partial charge in [0.15, 0.2) is 0 Å². The molecule has 0 spiro atoms. The minimum Gasteiger partial charge on any atom is -0.478 e. The summed E-state index contributed by atoms with van der Waals surface area (Å²) in [5, 5.41) is 9.98. The van der Waals surface area contributed by atoms with Crippen molar-refractivity contribution in [1.82, 2.24) is 0 Å². The van der Waals surface area contributed by atoms with E-state index in [1.807, 2.05) is 0 Å². The predicted molar refractivity (Wildman–Crippen MR) is 48.3 cm³/mol. The molecule has 2 rings (SSSR count). The van der Waals surface area contributed by atoms with E-state index in [4.69, 9.17) is 5.11 Å². The number of rotatable bonds is 1. The van der Waals surface area contributed by atoms with Crippen LogP contribution in [0.3, 0.4) is 0 Å². The van der Waals surface area contributed by atoms with Crippen LogP contribution in [0.1, 0.15) is 16.8 Å². The zero-order chi connectivity index (χ0) is 10.1. The lowest BCUT2D eigenvalue weighted by Crippen LogP contribution is -2.30. The maximum Gasteiger partial charge on any atom is 0.335 e. The van der Waals surface area contributed by atoms with Crippen molar-refractivity contribution in [2.75, 3.05) is 0 Å². The number of carboxylic acids is 1. The van der Waals surface area contributed by atoms with Crippen LogP contribution in [0.25, 0.3) is 6.08 Å². The molecule has 70 valence electrons. The summed E-state index contributed by atoms with van der Waals surface area (Å²) in [5.74, 6) is -1.25. The van der Waals surface area contributed by atoms with Crippen molar-refractivity contribution in [3.05, 3.63) is 34.3 Å². The molecule has 1 aromatic carbocycles. The largest absolute Gasteiger partial charge is 0.478 e. The Morgan fingerprint density at radius 1 is 1.43 bits per heavy atom. The van der Waals surface area contributed by atoms with E-state index in [9.17, 15) is 9.59 Å². The van der Waals surface area contributed by atoms with Crippen LogP contribution in [-0.2, 0) is 4.79 Å². The average Bonchev–Trinajstić information content (AvgIpc) is 2.16. The van der Waals surface area contributed by atoms with Crippen LogP contribution < -0.4 is 10.6 Å². The number of fused-ring (bicyclic) bond motifs is 1. The third kappa shape index (κ3) is 1.42. The van der Waals surface area contributed by atoms with Gasteiger partial charge in [-0.15, -0.1) is 0 Å². The Morgan fingerprint density at radius 3 is 2.93 bits per heavy atom. The van der Waals surface area contributed by atoms with E-state index in [1.54, 1.807) is 12.1 Å². The van der Waals surface area contributed by atoms with Gasteiger partial charge in [-0.3, -0.25) is 4.79 Å². The smallest absolute Gasteiger partial charge is 0.335 e. The highest BCUT2D eigenvalue weighted by molar-refractivity contribution is 5.88. The Kier molecular flexibility index (Phi) is 1.89. The molecule has 14 heavy (non-hydrogen) atoms. The van der Waals surface area contributed by atoms with Gasteiger partial charge in [0.25, 0.3) is 0 Å². The highest BCUT2D eigenvalue weighted by atomic mass is 16.4. The van der Waals surface area contributed by atoms with Gasteiger partial charge in [0, 0.05) is 6.42 Å². The second-order valence-electron chi connectivity index (χ2n) is 2.99. The van der Waals surface area contributed by atoms with Crippen LogP contribution in [0.15, 0.2) is 23.2 Å². The van der Waals surface area contributed by atoms with E-state index in [-0.39, 0.29) is 11.5 Å². The Bertz CT molecular complexity index is 531. The van der Waals surface area contributed by atoms with E-state index >= 15 is 0 Å². The number of hydrogen-bond donors (Lipinski definition) is 1. The van der Waals surface area contributed by atoms with Crippen molar-refractivity contribution >= 4 is 18.0 Å². The van der Waals surface area contributed by atoms with Gasteiger partial charge in [-0.1, -0.05) is 12.1 Å². The molecule has 0 aromatic heterocycles. The van der Waals surface area contributed by atoms with Crippen molar-refractivity contribution < 1.29 is 14.7 Å². The Morgan fingerprint density at radius 2 is 2.21 bits per heavy atom. The second kappa shape index (κ2) is 3.06. The summed E-state index contributed by atoms with van der Waals surface area (Å²) in [6.45, 7) is 0. The van der Waals surface area contributed by atoms with Crippen LogP contribution >= 0.6 is 0 Å². The molecule has 1 aliphatic heterocycles. The fourth-order valence-corrected chi connectivity index (χ4v) is 1.32. The first kappa shape index (κ1) is 8.62. The summed E-state index contributed by atoms with van der Waals surface area (Å²) in [6.07, 6.45) is 2.04. The molecule has 1 N–H and O–H groups in total. The van der Waals surface area contributed by atoms with E-state index in [2.05, 4.69) is 4.99 Å². The first-order valence-corrected chi connectivity index (χ1v) is 4.12. The molecular formula is C10H7NO3. The summed E-state index contributed by atoms with van der Waals surface area (Å²) in [6, 6.07) is 4.57. The number of carbonyl (C=O) groups is 2. The molecule has 1 aromatic rings. The number of nitrogens with zero attached hydrogens (tertiary/aromatic N) is 1. The van der Waals surface area contributed by atoms with E-state index in [0.29, 0.717) is 11.8 Å². The van der Waals surface area contributed by atoms with Gasteiger partial charge < -0.3 is 5.11 Å². The van der Waals surface area contributed by atoms with Gasteiger partial charge in [-0.25, -0.2) is 9.79 Å². The molecule has 0 atom stereocenters. The molecule has 0 aliphatic carbocycles. The minimum atomic E-state index is -1.01. The standard InChI is InChI=1S/C10H7NO3/c12-9-4-3-6-1-2-7(10(13)14)5-8(6)11-9/h1-3,5H,4H2,(H,13,14). The summed E-state index contributed by atoms with van der Waals surface area (Å²) in [5.41, 5.74) is 0.149. The van der Waals surface area contributed by atoms with Crippen LogP contribution in [0, 0.1) is 0 Å². The lowest BCUT2D eigenvalue weighted by molar-refractivity contribution is -0.117. The molecule has 0 radical (unpaired) electrons. The summed E-state index contributed by atoms with van der Waals surface area (Å²) >= 11 is 0. The van der Waals surface area contributed by atoms with E-state index in [0.717, 1.165) is 5.22 Å². The van der Waals surface area contributed by atoms with Crippen LogP contribution in [0.5, 0.6) is 0 Å². The fourth-order valence-electron chi connectivity index (χ4n) is 1.32. The molecule has 1 heterocycles. The quantitative estimate of drug-likeness (QED) is 0.660. The number of carbonyl (C=O) groups excluding carboxylic acids is 1. The van der Waals surface area contributed by atoms with Gasteiger partial charge in [0.1, 0.15) is 0 Å². The zero-order valence-corrected chi connectivity index (χ0v) is 7.23. The molecule has 1 aliphatic rings. The zero-order valence-electron chi connectivity index (χ0n) is 7.23. The number of hydrogen-bond acceptors (Lipinski definition) is 2. The van der Waals surface area contributed by atoms with Crippen molar-refractivity contribution in [1.29, 1.82) is 0 Å². The molecule has 0 saturated heterocycles. The SMILES string of the molecule is O=C1CC=c2ccc(C(=O)O)cc2=N1. The summed E-state index contributed by atoms with van der Waals surface area (Å²) in [4.78, 5) is 25.3. The first-order valence-electron chi connectivity index (χ1n) is 4.12. The van der Waals surface area contributed by atoms with Crippen molar-refractivity contribution in [2.24, 2.45) is 4.99 Å². The third-order valence-electron chi connectivity index (χ3n) is 2.02. The van der Waals surface area contributed by atoms with Gasteiger partial charge in [0.2, 0.25) is 5.91 Å². The highest BCUT2D eigenvalue weighted by Gasteiger charge is 2.06. The maximum atomic E-state index is 11.0. The number of amides is 1. The normalized spacial score (nSPS) is 13.9. The fraction of sp³-hybridized carbons (Fsp3) is 0.100. The van der Waals surface area contributed by atoms with Gasteiger partial charge in [-0.2, -0.15) is 0 Å². The van der Waals surface area contributed by atoms with Crippen molar-refractivity contribution in [2.45, 2.75) is 6.42 Å². The Labute approximate surface area is 79.2 Å².